The summed E-state index contributed by atoms with van der Waals surface area (Å²) in [6.07, 6.45) is -0.682. The molecule has 0 aliphatic carbocycles. The minimum atomic E-state index is -0.791. The quantitative estimate of drug-likeness (QED) is 0.263. The number of rotatable bonds is 11. The van der Waals surface area contributed by atoms with Crippen molar-refractivity contribution in [1.29, 1.82) is 0 Å². The Morgan fingerprint density at radius 1 is 0.902 bits per heavy atom. The Morgan fingerprint density at radius 2 is 1.49 bits per heavy atom. The van der Waals surface area contributed by atoms with Crippen LogP contribution in [0.5, 0.6) is 5.75 Å². The van der Waals surface area contributed by atoms with Crippen LogP contribution in [0.25, 0.3) is 0 Å². The van der Waals surface area contributed by atoms with Crippen LogP contribution in [-0.4, -0.2) is 53.1 Å². The van der Waals surface area contributed by atoms with Gasteiger partial charge in [0.2, 0.25) is 0 Å². The molecule has 9 heteroatoms. The molecule has 2 heterocycles. The van der Waals surface area contributed by atoms with Gasteiger partial charge in [-0.3, -0.25) is 14.5 Å². The van der Waals surface area contributed by atoms with Crippen LogP contribution >= 0.6 is 11.8 Å². The van der Waals surface area contributed by atoms with Crippen molar-refractivity contribution in [1.82, 2.24) is 10.2 Å². The summed E-state index contributed by atoms with van der Waals surface area (Å²) in [4.78, 5) is 41.3. The highest BCUT2D eigenvalue weighted by atomic mass is 32.2. The largest absolute Gasteiger partial charge is 0.494 e. The fourth-order valence-corrected chi connectivity index (χ4v) is 5.86. The lowest BCUT2D eigenvalue weighted by molar-refractivity contribution is -0.155. The number of β-lactam (4-membered cyclic amide) rings is 1. The van der Waals surface area contributed by atoms with Gasteiger partial charge in [-0.15, -0.1) is 11.8 Å². The van der Waals surface area contributed by atoms with E-state index in [4.69, 9.17) is 14.2 Å². The number of amides is 2. The van der Waals surface area contributed by atoms with Crippen LogP contribution in [-0.2, 0) is 23.9 Å². The molecule has 8 nitrogen and oxygen atoms in total. The Balaban J connectivity index is 1.35. The highest BCUT2D eigenvalue weighted by Gasteiger charge is 2.55. The number of hydrogen-bond acceptors (Lipinski definition) is 7. The average molecular weight is 573 g/mol. The normalized spacial score (nSPS) is 18.0. The maximum Gasteiger partial charge on any atom is 0.359 e. The van der Waals surface area contributed by atoms with E-state index in [9.17, 15) is 14.4 Å². The van der Waals surface area contributed by atoms with Crippen LogP contribution in [0, 0.1) is 5.92 Å². The lowest BCUT2D eigenvalue weighted by Gasteiger charge is -2.49. The van der Waals surface area contributed by atoms with E-state index in [2.05, 4.69) is 5.32 Å². The molecule has 0 spiro atoms. The van der Waals surface area contributed by atoms with Crippen molar-refractivity contribution in [2.75, 3.05) is 19.0 Å². The Kier molecular flexibility index (Phi) is 8.94. The van der Waals surface area contributed by atoms with Crippen molar-refractivity contribution in [3.63, 3.8) is 0 Å². The summed E-state index contributed by atoms with van der Waals surface area (Å²) in [6, 6.07) is 27.1. The van der Waals surface area contributed by atoms with Crippen LogP contribution in [0.4, 0.5) is 0 Å². The molecule has 0 radical (unpaired) electrons. The number of benzene rings is 3. The minimum absolute atomic E-state index is 0.0855. The summed E-state index contributed by atoms with van der Waals surface area (Å²) >= 11 is 1.43. The Morgan fingerprint density at radius 3 is 2.07 bits per heavy atom. The predicted molar refractivity (Wildman–Crippen MR) is 156 cm³/mol. The fourth-order valence-electron chi connectivity index (χ4n) is 4.59. The summed E-state index contributed by atoms with van der Waals surface area (Å²) < 4.78 is 17.7. The monoisotopic (exact) mass is 572 g/mol. The van der Waals surface area contributed by atoms with Crippen LogP contribution in [0.1, 0.15) is 31.1 Å². The molecule has 1 fully saturated rings. The summed E-state index contributed by atoms with van der Waals surface area (Å²) in [5.74, 6) is 0.0575. The number of carbonyl (C=O) groups excluding carboxylic acids is 3. The molecule has 3 aromatic carbocycles. The van der Waals surface area contributed by atoms with E-state index in [0.717, 1.165) is 11.1 Å². The molecule has 2 amide bonds. The average Bonchev–Trinajstić information content (AvgIpc) is 3.01. The second-order valence-electron chi connectivity index (χ2n) is 10.1. The number of fused-ring (bicyclic) bond motifs is 1. The molecule has 2 aliphatic heterocycles. The van der Waals surface area contributed by atoms with Crippen molar-refractivity contribution in [2.24, 2.45) is 5.92 Å². The van der Waals surface area contributed by atoms with Crippen molar-refractivity contribution in [3.8, 4) is 5.75 Å². The fraction of sp³-hybridized carbons (Fsp3) is 0.281. The van der Waals surface area contributed by atoms with Crippen molar-refractivity contribution < 1.29 is 28.6 Å². The van der Waals surface area contributed by atoms with Gasteiger partial charge in [0.15, 0.2) is 18.4 Å². The Bertz CT molecular complexity index is 1360. The van der Waals surface area contributed by atoms with E-state index < -0.39 is 35.3 Å². The molecule has 1 unspecified atom stereocenters. The van der Waals surface area contributed by atoms with Gasteiger partial charge in [-0.05, 0) is 29.2 Å². The number of nitrogens with zero attached hydrogens (tertiary/aromatic N) is 1. The zero-order chi connectivity index (χ0) is 28.8. The van der Waals surface area contributed by atoms with E-state index >= 15 is 0 Å². The lowest BCUT2D eigenvalue weighted by Crippen LogP contribution is -2.71. The van der Waals surface area contributed by atoms with Gasteiger partial charge in [-0.1, -0.05) is 92.7 Å². The van der Waals surface area contributed by atoms with Crippen molar-refractivity contribution in [3.05, 3.63) is 114 Å². The van der Waals surface area contributed by atoms with Crippen molar-refractivity contribution >= 4 is 29.5 Å². The molecule has 0 aromatic heterocycles. The van der Waals surface area contributed by atoms with E-state index in [0.29, 0.717) is 23.9 Å². The third kappa shape index (κ3) is 6.57. The number of hydrogen-bond donors (Lipinski definition) is 1. The molecular weight excluding hydrogens is 540 g/mol. The smallest absolute Gasteiger partial charge is 0.359 e. The first kappa shape index (κ1) is 28.3. The van der Waals surface area contributed by atoms with Gasteiger partial charge in [-0.25, -0.2) is 4.79 Å². The standard InChI is InChI=1S/C32H32N2O6S/c1-21(2)18-39-25-20-41-31-27(33-26(35)19-38-24-16-10-5-11-17-24)30(36)34(31)28(25)32(37)40-29(22-12-6-3-7-13-22)23-14-8-4-9-15-23/h3-17,21,27,29,31H,18-20H2,1-2H3,(H,33,35)/t27?,31-/m1/s1. The van der Waals surface area contributed by atoms with Crippen molar-refractivity contribution in [2.45, 2.75) is 31.4 Å². The van der Waals surface area contributed by atoms with Gasteiger partial charge in [-0.2, -0.15) is 0 Å². The van der Waals surface area contributed by atoms with Gasteiger partial charge >= 0.3 is 5.97 Å². The molecule has 212 valence electrons. The number of thioether (sulfide) groups is 1. The molecule has 41 heavy (non-hydrogen) atoms. The van der Waals surface area contributed by atoms with E-state index in [1.807, 2.05) is 92.7 Å². The first-order valence-electron chi connectivity index (χ1n) is 13.5. The Hall–Kier alpha value is -4.24. The molecule has 1 saturated heterocycles. The third-order valence-corrected chi connectivity index (χ3v) is 7.83. The first-order valence-corrected chi connectivity index (χ1v) is 14.6. The third-order valence-electron chi connectivity index (χ3n) is 6.58. The summed E-state index contributed by atoms with van der Waals surface area (Å²) in [5, 5.41) is 2.29. The molecule has 0 bridgehead atoms. The van der Waals surface area contributed by atoms with E-state index in [1.165, 1.54) is 16.7 Å². The second-order valence-corrected chi connectivity index (χ2v) is 11.2. The number of carbonyl (C=O) groups is 3. The summed E-state index contributed by atoms with van der Waals surface area (Å²) in [7, 11) is 0. The van der Waals surface area contributed by atoms with Crippen LogP contribution in [0.2, 0.25) is 0 Å². The highest BCUT2D eigenvalue weighted by molar-refractivity contribution is 8.00. The predicted octanol–water partition coefficient (Wildman–Crippen LogP) is 4.68. The molecule has 2 atom stereocenters. The molecule has 2 aliphatic rings. The van der Waals surface area contributed by atoms with Gasteiger partial charge in [0.25, 0.3) is 11.8 Å². The van der Waals surface area contributed by atoms with E-state index in [1.54, 1.807) is 12.1 Å². The van der Waals surface area contributed by atoms with Crippen LogP contribution < -0.4 is 10.1 Å². The minimum Gasteiger partial charge on any atom is -0.494 e. The number of ether oxygens (including phenoxy) is 3. The van der Waals surface area contributed by atoms with Crippen LogP contribution in [0.15, 0.2) is 102 Å². The first-order chi connectivity index (χ1) is 19.9. The van der Waals surface area contributed by atoms with Gasteiger partial charge in [0, 0.05) is 0 Å². The number of nitrogens with one attached hydrogen (secondary N) is 1. The molecule has 0 saturated carbocycles. The van der Waals surface area contributed by atoms with Gasteiger partial charge < -0.3 is 19.5 Å². The molecular formula is C32H32N2O6S. The molecule has 5 rings (SSSR count). The maximum absolute atomic E-state index is 13.9. The maximum atomic E-state index is 13.9. The van der Waals surface area contributed by atoms with Gasteiger partial charge in [0.05, 0.1) is 12.4 Å². The zero-order valence-electron chi connectivity index (χ0n) is 22.9. The second kappa shape index (κ2) is 13.0. The number of para-hydroxylation sites is 1. The topological polar surface area (TPSA) is 94.2 Å². The zero-order valence-corrected chi connectivity index (χ0v) is 23.7. The molecule has 3 aromatic rings. The van der Waals surface area contributed by atoms with Gasteiger partial charge in [0.1, 0.15) is 22.9 Å². The van der Waals surface area contributed by atoms with Crippen LogP contribution in [0.3, 0.4) is 0 Å². The SMILES string of the molecule is CC(C)COC1=C(C(=O)OC(c2ccccc2)c2ccccc2)N2C(=O)C(NC(=O)COc3ccccc3)[C@H]2SC1. The van der Waals surface area contributed by atoms with E-state index in [-0.39, 0.29) is 18.2 Å². The number of esters is 1. The molecule has 1 N–H and O–H groups in total. The lowest BCUT2D eigenvalue weighted by atomic mass is 10.0. The summed E-state index contributed by atoms with van der Waals surface area (Å²) in [6.45, 7) is 4.18. The Labute approximate surface area is 243 Å². The highest BCUT2D eigenvalue weighted by Crippen LogP contribution is 2.42. The summed E-state index contributed by atoms with van der Waals surface area (Å²) in [5.41, 5.74) is 1.69.